The van der Waals surface area contributed by atoms with E-state index in [1.807, 2.05) is 0 Å². The van der Waals surface area contributed by atoms with E-state index in [0.717, 1.165) is 13.1 Å². The summed E-state index contributed by atoms with van der Waals surface area (Å²) in [4.78, 5) is 6.37. The fourth-order valence-electron chi connectivity index (χ4n) is 1.98. The molecule has 0 aliphatic heterocycles. The van der Waals surface area contributed by atoms with E-state index in [4.69, 9.17) is 0 Å². The summed E-state index contributed by atoms with van der Waals surface area (Å²) in [5.41, 5.74) is 0. The summed E-state index contributed by atoms with van der Waals surface area (Å²) in [7, 11) is -3.46. The molecule has 1 N–H and O–H groups in total. The van der Waals surface area contributed by atoms with Crippen molar-refractivity contribution in [1.82, 2.24) is 14.6 Å². The predicted octanol–water partition coefficient (Wildman–Crippen LogP) is 1.61. The number of hydrogen-bond donors (Lipinski definition) is 1. The molecule has 19 heavy (non-hydrogen) atoms. The van der Waals surface area contributed by atoms with Crippen molar-refractivity contribution in [3.63, 3.8) is 0 Å². The molecule has 1 aliphatic carbocycles. The van der Waals surface area contributed by atoms with Crippen molar-refractivity contribution in [3.8, 4) is 0 Å². The van der Waals surface area contributed by atoms with Crippen LogP contribution >= 0.6 is 15.9 Å². The first-order chi connectivity index (χ1) is 9.03. The summed E-state index contributed by atoms with van der Waals surface area (Å²) in [5, 5.41) is 0. The highest BCUT2D eigenvalue weighted by Crippen LogP contribution is 2.25. The molecule has 5 nitrogen and oxygen atoms in total. The maximum Gasteiger partial charge on any atom is 0.242 e. The first-order valence-electron chi connectivity index (χ1n) is 6.37. The molecule has 1 aromatic heterocycles. The van der Waals surface area contributed by atoms with Gasteiger partial charge in [0.05, 0.1) is 0 Å². The number of nitrogens with zero attached hydrogens (tertiary/aromatic N) is 2. The Labute approximate surface area is 122 Å². The summed E-state index contributed by atoms with van der Waals surface area (Å²) in [6.45, 7) is 4.25. The maximum absolute atomic E-state index is 12.0. The molecule has 1 saturated carbocycles. The molecular weight excluding hydrogens is 330 g/mol. The Morgan fingerprint density at radius 2 is 2.21 bits per heavy atom. The molecule has 7 heteroatoms. The van der Waals surface area contributed by atoms with Crippen LogP contribution in [0.15, 0.2) is 27.8 Å². The van der Waals surface area contributed by atoms with Crippen molar-refractivity contribution < 1.29 is 8.42 Å². The van der Waals surface area contributed by atoms with Gasteiger partial charge in [-0.25, -0.2) is 13.1 Å². The van der Waals surface area contributed by atoms with E-state index in [2.05, 4.69) is 37.5 Å². The van der Waals surface area contributed by atoms with Gasteiger partial charge in [-0.3, -0.25) is 9.88 Å². The Bertz CT molecular complexity index is 532. The van der Waals surface area contributed by atoms with Crippen molar-refractivity contribution in [1.29, 1.82) is 0 Å². The van der Waals surface area contributed by atoms with Crippen LogP contribution in [0, 0.1) is 0 Å². The SMILES string of the molecule is CCN(CCNS(=O)(=O)c1cncc(Br)c1)C1CC1. The van der Waals surface area contributed by atoms with Gasteiger partial charge in [-0.1, -0.05) is 6.92 Å². The number of likely N-dealkylation sites (N-methyl/N-ethyl adjacent to an activating group) is 1. The Balaban J connectivity index is 1.90. The van der Waals surface area contributed by atoms with Crippen LogP contribution in [-0.2, 0) is 10.0 Å². The molecule has 0 aromatic carbocycles. The first-order valence-corrected chi connectivity index (χ1v) is 8.65. The molecular formula is C12H18BrN3O2S. The second-order valence-electron chi connectivity index (χ2n) is 4.60. The van der Waals surface area contributed by atoms with E-state index in [9.17, 15) is 8.42 Å². The Morgan fingerprint density at radius 3 is 2.79 bits per heavy atom. The highest BCUT2D eigenvalue weighted by Gasteiger charge is 2.27. The van der Waals surface area contributed by atoms with E-state index < -0.39 is 10.0 Å². The smallest absolute Gasteiger partial charge is 0.242 e. The molecule has 0 amide bonds. The van der Waals surface area contributed by atoms with Crippen molar-refractivity contribution in [2.45, 2.75) is 30.7 Å². The molecule has 2 rings (SSSR count). The molecule has 1 aliphatic rings. The fraction of sp³-hybridized carbons (Fsp3) is 0.583. The Kier molecular flexibility index (Phi) is 4.94. The molecule has 1 heterocycles. The van der Waals surface area contributed by atoms with Crippen LogP contribution in [0.3, 0.4) is 0 Å². The van der Waals surface area contributed by atoms with Crippen LogP contribution in [0.5, 0.6) is 0 Å². The van der Waals surface area contributed by atoms with Gasteiger partial charge in [0.25, 0.3) is 0 Å². The summed E-state index contributed by atoms with van der Waals surface area (Å²) in [5.74, 6) is 0. The van der Waals surface area contributed by atoms with Gasteiger partial charge in [0.15, 0.2) is 0 Å². The van der Waals surface area contributed by atoms with E-state index >= 15 is 0 Å². The first kappa shape index (κ1) is 14.9. The average Bonchev–Trinajstić information content (AvgIpc) is 3.19. The largest absolute Gasteiger partial charge is 0.299 e. The maximum atomic E-state index is 12.0. The Morgan fingerprint density at radius 1 is 1.47 bits per heavy atom. The van der Waals surface area contributed by atoms with Gasteiger partial charge >= 0.3 is 0 Å². The molecule has 0 radical (unpaired) electrons. The Hall–Kier alpha value is -0.500. The number of pyridine rings is 1. The molecule has 0 saturated heterocycles. The van der Waals surface area contributed by atoms with Crippen molar-refractivity contribution in [3.05, 3.63) is 22.9 Å². The summed E-state index contributed by atoms with van der Waals surface area (Å²) < 4.78 is 27.4. The van der Waals surface area contributed by atoms with E-state index in [-0.39, 0.29) is 4.90 Å². The highest BCUT2D eigenvalue weighted by molar-refractivity contribution is 9.10. The lowest BCUT2D eigenvalue weighted by Crippen LogP contribution is -2.36. The number of hydrogen-bond acceptors (Lipinski definition) is 4. The number of rotatable bonds is 7. The third kappa shape index (κ3) is 4.24. The molecule has 0 unspecified atom stereocenters. The number of aromatic nitrogens is 1. The normalized spacial score (nSPS) is 15.9. The second-order valence-corrected chi connectivity index (χ2v) is 7.28. The third-order valence-corrected chi connectivity index (χ3v) is 5.01. The highest BCUT2D eigenvalue weighted by atomic mass is 79.9. The zero-order valence-corrected chi connectivity index (χ0v) is 13.2. The van der Waals surface area contributed by atoms with Crippen LogP contribution in [0.2, 0.25) is 0 Å². The molecule has 106 valence electrons. The molecule has 0 bridgehead atoms. The lowest BCUT2D eigenvalue weighted by atomic mass is 10.4. The minimum Gasteiger partial charge on any atom is -0.299 e. The van der Waals surface area contributed by atoms with Gasteiger partial charge in [-0.2, -0.15) is 0 Å². The lowest BCUT2D eigenvalue weighted by molar-refractivity contribution is 0.282. The van der Waals surface area contributed by atoms with Crippen LogP contribution in [0.4, 0.5) is 0 Å². The minimum atomic E-state index is -3.46. The topological polar surface area (TPSA) is 62.3 Å². The van der Waals surface area contributed by atoms with Crippen LogP contribution < -0.4 is 4.72 Å². The van der Waals surface area contributed by atoms with Gasteiger partial charge < -0.3 is 0 Å². The monoisotopic (exact) mass is 347 g/mol. The van der Waals surface area contributed by atoms with Crippen molar-refractivity contribution >= 4 is 26.0 Å². The molecule has 0 spiro atoms. The minimum absolute atomic E-state index is 0.191. The van der Waals surface area contributed by atoms with Crippen molar-refractivity contribution in [2.75, 3.05) is 19.6 Å². The van der Waals surface area contributed by atoms with Gasteiger partial charge in [0.2, 0.25) is 10.0 Å². The average molecular weight is 348 g/mol. The van der Waals surface area contributed by atoms with Crippen LogP contribution in [-0.4, -0.2) is 44.0 Å². The van der Waals surface area contributed by atoms with E-state index in [0.29, 0.717) is 17.1 Å². The predicted molar refractivity (Wildman–Crippen MR) is 77.4 cm³/mol. The van der Waals surface area contributed by atoms with Gasteiger partial charge in [-0.05, 0) is 41.4 Å². The standard InChI is InChI=1S/C12H18BrN3O2S/c1-2-16(11-3-4-11)6-5-15-19(17,18)12-7-10(13)8-14-9-12/h7-9,11,15H,2-6H2,1H3. The van der Waals surface area contributed by atoms with Crippen LogP contribution in [0.25, 0.3) is 0 Å². The number of nitrogens with one attached hydrogen (secondary N) is 1. The second kappa shape index (κ2) is 6.30. The van der Waals surface area contributed by atoms with Crippen LogP contribution in [0.1, 0.15) is 19.8 Å². The lowest BCUT2D eigenvalue weighted by Gasteiger charge is -2.19. The van der Waals surface area contributed by atoms with Gasteiger partial charge in [0.1, 0.15) is 4.90 Å². The molecule has 0 atom stereocenters. The van der Waals surface area contributed by atoms with E-state index in [1.54, 1.807) is 12.3 Å². The fourth-order valence-corrected chi connectivity index (χ4v) is 3.51. The van der Waals surface area contributed by atoms with Gasteiger partial charge in [0, 0.05) is 36.0 Å². The summed E-state index contributed by atoms with van der Waals surface area (Å²) in [6, 6.07) is 2.20. The zero-order chi connectivity index (χ0) is 13.9. The quantitative estimate of drug-likeness (QED) is 0.813. The third-order valence-electron chi connectivity index (χ3n) is 3.15. The number of sulfonamides is 1. The molecule has 1 aromatic rings. The van der Waals surface area contributed by atoms with E-state index in [1.165, 1.54) is 19.0 Å². The summed E-state index contributed by atoms with van der Waals surface area (Å²) >= 11 is 3.22. The molecule has 1 fully saturated rings. The number of halogens is 1. The zero-order valence-electron chi connectivity index (χ0n) is 10.8. The van der Waals surface area contributed by atoms with Crippen molar-refractivity contribution in [2.24, 2.45) is 0 Å². The summed E-state index contributed by atoms with van der Waals surface area (Å²) in [6.07, 6.45) is 5.38. The van der Waals surface area contributed by atoms with Gasteiger partial charge in [-0.15, -0.1) is 0 Å².